The van der Waals surface area contributed by atoms with Gasteiger partial charge in [-0.1, -0.05) is 155 Å². The van der Waals surface area contributed by atoms with E-state index >= 15 is 0 Å². The van der Waals surface area contributed by atoms with Crippen LogP contribution in [0.15, 0.2) is 0 Å². The van der Waals surface area contributed by atoms with Crippen LogP contribution in [0.4, 0.5) is 0 Å². The van der Waals surface area contributed by atoms with Crippen LogP contribution < -0.4 is 0 Å². The summed E-state index contributed by atoms with van der Waals surface area (Å²) < 4.78 is 22.4. The van der Waals surface area contributed by atoms with Gasteiger partial charge in [0.2, 0.25) is 0 Å². The maximum absolute atomic E-state index is 11.7. The van der Waals surface area contributed by atoms with Crippen LogP contribution in [0.5, 0.6) is 0 Å². The highest BCUT2D eigenvalue weighted by atomic mass is 31.1. The van der Waals surface area contributed by atoms with Gasteiger partial charge in [-0.2, -0.15) is 0 Å². The maximum Gasteiger partial charge on any atom is 0.697 e. The van der Waals surface area contributed by atoms with Gasteiger partial charge in [-0.25, -0.2) is 0 Å². The number of hydrogen-bond donors (Lipinski definition) is 0. The zero-order chi connectivity index (χ0) is 23.4. The minimum Gasteiger partial charge on any atom is -0.119 e. The van der Waals surface area contributed by atoms with E-state index in [-0.39, 0.29) is 0 Å². The summed E-state index contributed by atoms with van der Waals surface area (Å²) in [7, 11) is -1.91. The van der Waals surface area contributed by atoms with E-state index < -0.39 is 8.25 Å². The molecule has 0 atom stereocenters. The van der Waals surface area contributed by atoms with E-state index in [1.54, 1.807) is 0 Å². The Hall–Kier alpha value is 0.0200. The molecule has 0 aromatic carbocycles. The number of rotatable bonds is 28. The highest BCUT2D eigenvalue weighted by Gasteiger charge is 2.18. The molecular weight excluding hydrogens is 415 g/mol. The van der Waals surface area contributed by atoms with Crippen LogP contribution in [0.3, 0.4) is 0 Å². The van der Waals surface area contributed by atoms with Crippen molar-refractivity contribution in [2.45, 2.75) is 168 Å². The van der Waals surface area contributed by atoms with E-state index in [0.717, 1.165) is 12.8 Å². The molecule has 0 aliphatic carbocycles. The largest absolute Gasteiger partial charge is 0.697 e. The second-order valence-corrected chi connectivity index (χ2v) is 10.6. The first kappa shape index (κ1) is 32.0. The van der Waals surface area contributed by atoms with Crippen molar-refractivity contribution >= 4 is 8.25 Å². The molecule has 192 valence electrons. The van der Waals surface area contributed by atoms with Crippen LogP contribution >= 0.6 is 8.25 Å². The highest BCUT2D eigenvalue weighted by molar-refractivity contribution is 7.33. The standard InChI is InChI=1S/C28H58O3P/c1-3-5-7-9-11-13-15-17-19-21-23-25-27-30-32(29)31-28-26-24-22-20-18-16-14-12-10-8-6-4-2/h3-28H2,1-2H3/q+1. The van der Waals surface area contributed by atoms with E-state index in [2.05, 4.69) is 13.8 Å². The SMILES string of the molecule is CCCCCCCCCCCCCCO[P+](=O)OCCCCCCCCCCCCCC. The van der Waals surface area contributed by atoms with Gasteiger partial charge < -0.3 is 0 Å². The Bertz CT molecular complexity index is 331. The maximum atomic E-state index is 11.7. The Kier molecular flexibility index (Phi) is 29.1. The summed E-state index contributed by atoms with van der Waals surface area (Å²) in [4.78, 5) is 0. The number of unbranched alkanes of at least 4 members (excludes halogenated alkanes) is 22. The van der Waals surface area contributed by atoms with E-state index in [1.165, 1.54) is 141 Å². The molecule has 0 aliphatic heterocycles. The smallest absolute Gasteiger partial charge is 0.119 e. The van der Waals surface area contributed by atoms with Crippen LogP contribution in [0.1, 0.15) is 168 Å². The van der Waals surface area contributed by atoms with Gasteiger partial charge >= 0.3 is 8.25 Å². The molecule has 0 radical (unpaired) electrons. The normalized spacial score (nSPS) is 11.3. The Morgan fingerprint density at radius 3 is 0.844 bits per heavy atom. The fourth-order valence-corrected chi connectivity index (χ4v) is 4.83. The summed E-state index contributed by atoms with van der Waals surface area (Å²) in [6, 6.07) is 0. The molecule has 0 saturated heterocycles. The third-order valence-corrected chi connectivity index (χ3v) is 7.18. The fourth-order valence-electron chi connectivity index (χ4n) is 4.20. The molecule has 3 nitrogen and oxygen atoms in total. The van der Waals surface area contributed by atoms with Crippen LogP contribution in [-0.2, 0) is 13.6 Å². The lowest BCUT2D eigenvalue weighted by atomic mass is 10.1. The molecule has 32 heavy (non-hydrogen) atoms. The summed E-state index contributed by atoms with van der Waals surface area (Å²) in [6.45, 7) is 5.70. The summed E-state index contributed by atoms with van der Waals surface area (Å²) in [5.41, 5.74) is 0. The molecule has 0 amide bonds. The third-order valence-electron chi connectivity index (χ3n) is 6.39. The second kappa shape index (κ2) is 29.1. The van der Waals surface area contributed by atoms with Crippen molar-refractivity contribution in [3.63, 3.8) is 0 Å². The summed E-state index contributed by atoms with van der Waals surface area (Å²) in [5.74, 6) is 0. The fraction of sp³-hybridized carbons (Fsp3) is 1.00. The molecular formula is C28H58O3P+. The van der Waals surface area contributed by atoms with Crippen molar-refractivity contribution in [3.05, 3.63) is 0 Å². The zero-order valence-corrected chi connectivity index (χ0v) is 23.0. The summed E-state index contributed by atoms with van der Waals surface area (Å²) in [5, 5.41) is 0. The Balaban J connectivity index is 3.14. The minimum absolute atomic E-state index is 0.574. The average molecular weight is 474 g/mol. The van der Waals surface area contributed by atoms with Gasteiger partial charge in [0.25, 0.3) is 0 Å². The molecule has 0 spiro atoms. The Labute approximate surface area is 203 Å². The zero-order valence-electron chi connectivity index (χ0n) is 22.1. The molecule has 0 N–H and O–H groups in total. The van der Waals surface area contributed by atoms with Gasteiger partial charge in [0.15, 0.2) is 0 Å². The first-order valence-electron chi connectivity index (χ1n) is 14.5. The van der Waals surface area contributed by atoms with Gasteiger partial charge in [0.05, 0.1) is 0 Å². The molecule has 0 bridgehead atoms. The van der Waals surface area contributed by atoms with E-state index in [4.69, 9.17) is 9.05 Å². The lowest BCUT2D eigenvalue weighted by Gasteiger charge is -2.02. The molecule has 0 aromatic rings. The van der Waals surface area contributed by atoms with Gasteiger partial charge in [-0.05, 0) is 12.8 Å². The first-order valence-corrected chi connectivity index (χ1v) is 15.6. The van der Waals surface area contributed by atoms with Crippen LogP contribution in [0.25, 0.3) is 0 Å². The summed E-state index contributed by atoms with van der Waals surface area (Å²) in [6.07, 6.45) is 31.9. The second-order valence-electron chi connectivity index (χ2n) is 9.67. The van der Waals surface area contributed by atoms with Gasteiger partial charge in [-0.15, -0.1) is 9.05 Å². The average Bonchev–Trinajstić information content (AvgIpc) is 2.80. The minimum atomic E-state index is -1.91. The first-order chi connectivity index (χ1) is 15.8. The highest BCUT2D eigenvalue weighted by Crippen LogP contribution is 2.25. The van der Waals surface area contributed by atoms with Crippen molar-refractivity contribution in [1.29, 1.82) is 0 Å². The molecule has 4 heteroatoms. The molecule has 0 aliphatic rings. The lowest BCUT2D eigenvalue weighted by molar-refractivity contribution is 0.218. The van der Waals surface area contributed by atoms with Gasteiger partial charge in [0, 0.05) is 4.57 Å². The molecule has 0 heterocycles. The number of hydrogen-bond acceptors (Lipinski definition) is 3. The third kappa shape index (κ3) is 28.1. The molecule has 0 aromatic heterocycles. The topological polar surface area (TPSA) is 35.5 Å². The van der Waals surface area contributed by atoms with Crippen molar-refractivity contribution in [2.24, 2.45) is 0 Å². The van der Waals surface area contributed by atoms with E-state index in [1.807, 2.05) is 0 Å². The van der Waals surface area contributed by atoms with Gasteiger partial charge in [0.1, 0.15) is 13.2 Å². The quantitative estimate of drug-likeness (QED) is 0.0837. The van der Waals surface area contributed by atoms with Crippen molar-refractivity contribution in [2.75, 3.05) is 13.2 Å². The monoisotopic (exact) mass is 473 g/mol. The predicted octanol–water partition coefficient (Wildman–Crippen LogP) is 11.1. The molecule has 0 fully saturated rings. The van der Waals surface area contributed by atoms with Crippen LogP contribution in [0, 0.1) is 0 Å². The van der Waals surface area contributed by atoms with E-state index in [0.29, 0.717) is 13.2 Å². The van der Waals surface area contributed by atoms with Crippen LogP contribution in [0.2, 0.25) is 0 Å². The predicted molar refractivity (Wildman–Crippen MR) is 142 cm³/mol. The van der Waals surface area contributed by atoms with Gasteiger partial charge in [-0.3, -0.25) is 0 Å². The lowest BCUT2D eigenvalue weighted by Crippen LogP contribution is -1.92. The Morgan fingerprint density at radius 1 is 0.375 bits per heavy atom. The van der Waals surface area contributed by atoms with E-state index in [9.17, 15) is 4.57 Å². The van der Waals surface area contributed by atoms with Crippen molar-refractivity contribution in [1.82, 2.24) is 0 Å². The van der Waals surface area contributed by atoms with Crippen LogP contribution in [-0.4, -0.2) is 13.2 Å². The summed E-state index contributed by atoms with van der Waals surface area (Å²) >= 11 is 0. The van der Waals surface area contributed by atoms with Crippen molar-refractivity contribution in [3.8, 4) is 0 Å². The molecule has 0 saturated carbocycles. The van der Waals surface area contributed by atoms with Crippen molar-refractivity contribution < 1.29 is 13.6 Å². The molecule has 0 rings (SSSR count). The Morgan fingerprint density at radius 2 is 0.594 bits per heavy atom. The molecule has 0 unspecified atom stereocenters.